The van der Waals surface area contributed by atoms with Gasteiger partial charge in [-0.05, 0) is 77.3 Å². The van der Waals surface area contributed by atoms with Crippen LogP contribution in [0.15, 0.2) is 40.2 Å². The molecule has 0 saturated heterocycles. The van der Waals surface area contributed by atoms with Gasteiger partial charge in [-0.3, -0.25) is 23.4 Å². The molecule has 0 amide bonds. The van der Waals surface area contributed by atoms with Crippen molar-refractivity contribution in [3.63, 3.8) is 0 Å². The van der Waals surface area contributed by atoms with Crippen LogP contribution in [0.4, 0.5) is 11.5 Å². The molecule has 1 saturated carbocycles. The summed E-state index contributed by atoms with van der Waals surface area (Å²) in [5.74, 6) is -0.227. The van der Waals surface area contributed by atoms with Crippen molar-refractivity contribution < 1.29 is 18.6 Å². The number of hydrogen-bond acceptors (Lipinski definition) is 9. The van der Waals surface area contributed by atoms with Crippen LogP contribution in [0.25, 0.3) is 10.9 Å². The second-order valence-electron chi connectivity index (χ2n) is 12.5. The number of anilines is 2. The maximum Gasteiger partial charge on any atom is 0.308 e. The van der Waals surface area contributed by atoms with Gasteiger partial charge in [0, 0.05) is 24.0 Å². The van der Waals surface area contributed by atoms with E-state index in [1.165, 1.54) is 0 Å². The standard InChI is InChI=1S/C29H38N6O5S/c1-28(2,3)40-24(36)15-29(4,5)34-17-19-14-20(10-11-23(19)41(34,38)39)32-26-25-22(12-13-31-27(25)37)35(33-26)21-9-7-6-8-18(21)16-30/h10-14,18,21,38-39H,6-9,15,17H2,1-5H3,(H,31,37)(H,32,33)/t18-,21+/m1/s1. The first kappa shape index (κ1) is 29.1. The lowest BCUT2D eigenvalue weighted by Crippen LogP contribution is -2.44. The van der Waals surface area contributed by atoms with Crippen LogP contribution < -0.4 is 10.9 Å². The molecule has 3 heterocycles. The number of esters is 1. The summed E-state index contributed by atoms with van der Waals surface area (Å²) in [7, 11) is -3.35. The van der Waals surface area contributed by atoms with Crippen LogP contribution in [-0.2, 0) is 16.1 Å². The highest BCUT2D eigenvalue weighted by molar-refractivity contribution is 8.22. The second kappa shape index (κ2) is 10.5. The van der Waals surface area contributed by atoms with Crippen molar-refractivity contribution in [1.82, 2.24) is 19.1 Å². The van der Waals surface area contributed by atoms with Gasteiger partial charge in [-0.2, -0.15) is 14.7 Å². The fraction of sp³-hybridized carbons (Fsp3) is 0.517. The number of benzene rings is 1. The number of rotatable bonds is 6. The summed E-state index contributed by atoms with van der Waals surface area (Å²) < 4.78 is 31.3. The molecule has 0 bridgehead atoms. The molecule has 2 aromatic heterocycles. The highest BCUT2D eigenvalue weighted by Gasteiger charge is 2.45. The number of ether oxygens (including phenoxy) is 1. The third-order valence-corrected chi connectivity index (χ3v) is 9.98. The van der Waals surface area contributed by atoms with Crippen LogP contribution in [0.5, 0.6) is 0 Å². The topological polar surface area (TPSA) is 156 Å². The fourth-order valence-electron chi connectivity index (χ4n) is 5.92. The Kier molecular flexibility index (Phi) is 7.44. The molecule has 2 atom stereocenters. The van der Waals surface area contributed by atoms with E-state index in [2.05, 4.69) is 16.4 Å². The molecular weight excluding hydrogens is 544 g/mol. The Hall–Kier alpha value is -3.37. The van der Waals surface area contributed by atoms with E-state index in [-0.39, 0.29) is 30.5 Å². The van der Waals surface area contributed by atoms with E-state index in [4.69, 9.17) is 9.84 Å². The van der Waals surface area contributed by atoms with Crippen molar-refractivity contribution in [3.05, 3.63) is 46.4 Å². The van der Waals surface area contributed by atoms with E-state index in [0.29, 0.717) is 32.9 Å². The SMILES string of the molecule is CC(C)(C)OC(=O)CC(C)(C)N1Cc2cc(Nc3nn([C@H]4CCCC[C@@H]4C#N)c4cc[nH]c(=O)c34)ccc2S1(O)O. The zero-order valence-electron chi connectivity index (χ0n) is 24.1. The van der Waals surface area contributed by atoms with Crippen molar-refractivity contribution in [2.45, 2.75) is 95.3 Å². The number of hydrogen-bond donors (Lipinski definition) is 4. The monoisotopic (exact) mass is 582 g/mol. The van der Waals surface area contributed by atoms with Gasteiger partial charge in [0.1, 0.15) is 11.0 Å². The molecule has 41 heavy (non-hydrogen) atoms. The first-order valence-corrected chi connectivity index (χ1v) is 15.4. The summed E-state index contributed by atoms with van der Waals surface area (Å²) in [5, 5.41) is 18.2. The fourth-order valence-corrected chi connectivity index (χ4v) is 7.96. The van der Waals surface area contributed by atoms with Crippen LogP contribution in [-0.4, -0.2) is 45.3 Å². The molecular formula is C29H38N6O5S. The number of H-pyrrole nitrogens is 1. The summed E-state index contributed by atoms with van der Waals surface area (Å²) in [6, 6.07) is 9.30. The Morgan fingerprint density at radius 2 is 1.95 bits per heavy atom. The molecule has 0 spiro atoms. The molecule has 4 N–H and O–H groups in total. The Morgan fingerprint density at radius 3 is 2.66 bits per heavy atom. The molecule has 11 nitrogen and oxygen atoms in total. The summed E-state index contributed by atoms with van der Waals surface area (Å²) >= 11 is 0. The lowest BCUT2D eigenvalue weighted by atomic mass is 9.85. The number of nitrogens with zero attached hydrogens (tertiary/aromatic N) is 4. The molecule has 0 unspecified atom stereocenters. The summed E-state index contributed by atoms with van der Waals surface area (Å²) in [6.07, 6.45) is 5.17. The van der Waals surface area contributed by atoms with Gasteiger partial charge in [0.25, 0.3) is 5.56 Å². The van der Waals surface area contributed by atoms with Gasteiger partial charge >= 0.3 is 5.97 Å². The highest BCUT2D eigenvalue weighted by Crippen LogP contribution is 2.62. The molecule has 2 aliphatic rings. The van der Waals surface area contributed by atoms with Crippen molar-refractivity contribution >= 4 is 39.2 Å². The molecule has 12 heteroatoms. The van der Waals surface area contributed by atoms with Crippen LogP contribution in [0, 0.1) is 17.2 Å². The highest BCUT2D eigenvalue weighted by atomic mass is 32.3. The third-order valence-electron chi connectivity index (χ3n) is 7.75. The van der Waals surface area contributed by atoms with Gasteiger partial charge in [-0.25, -0.2) is 0 Å². The van der Waals surface area contributed by atoms with Crippen LogP contribution in [0.2, 0.25) is 0 Å². The minimum atomic E-state index is -3.35. The van der Waals surface area contributed by atoms with Gasteiger partial charge in [0.15, 0.2) is 5.82 Å². The number of nitriles is 1. The lowest BCUT2D eigenvalue weighted by Gasteiger charge is -2.46. The maximum absolute atomic E-state index is 12.9. The quantitative estimate of drug-likeness (QED) is 0.253. The average molecular weight is 583 g/mol. The van der Waals surface area contributed by atoms with E-state index in [0.717, 1.165) is 25.7 Å². The van der Waals surface area contributed by atoms with Gasteiger partial charge in [0.05, 0.1) is 34.9 Å². The number of nitrogens with one attached hydrogen (secondary N) is 2. The smallest absolute Gasteiger partial charge is 0.308 e. The van der Waals surface area contributed by atoms with E-state index >= 15 is 0 Å². The zero-order valence-corrected chi connectivity index (χ0v) is 24.9. The van der Waals surface area contributed by atoms with E-state index in [1.807, 2.05) is 10.7 Å². The number of aromatic nitrogens is 3. The van der Waals surface area contributed by atoms with Crippen molar-refractivity contribution in [2.24, 2.45) is 5.92 Å². The van der Waals surface area contributed by atoms with Crippen LogP contribution in [0.3, 0.4) is 0 Å². The Bertz CT molecular complexity index is 1580. The number of carbonyl (C=O) groups excluding carboxylic acids is 1. The minimum Gasteiger partial charge on any atom is -0.460 e. The van der Waals surface area contributed by atoms with E-state index in [1.54, 1.807) is 63.3 Å². The Balaban J connectivity index is 1.44. The van der Waals surface area contributed by atoms with Crippen LogP contribution >= 0.6 is 10.8 Å². The predicted molar refractivity (Wildman–Crippen MR) is 158 cm³/mol. The molecule has 1 fully saturated rings. The largest absolute Gasteiger partial charge is 0.460 e. The second-order valence-corrected chi connectivity index (χ2v) is 14.4. The summed E-state index contributed by atoms with van der Waals surface area (Å²) in [5.41, 5.74) is 0.158. The van der Waals surface area contributed by atoms with Gasteiger partial charge in [-0.1, -0.05) is 12.8 Å². The maximum atomic E-state index is 12.9. The van der Waals surface area contributed by atoms with Crippen LogP contribution in [0.1, 0.15) is 78.3 Å². The van der Waals surface area contributed by atoms with Gasteiger partial charge in [0.2, 0.25) is 0 Å². The molecule has 1 aliphatic carbocycles. The van der Waals surface area contributed by atoms with Crippen molar-refractivity contribution in [2.75, 3.05) is 5.32 Å². The van der Waals surface area contributed by atoms with Crippen molar-refractivity contribution in [3.8, 4) is 6.07 Å². The first-order chi connectivity index (χ1) is 19.2. The molecule has 0 radical (unpaired) electrons. The van der Waals surface area contributed by atoms with Gasteiger partial charge in [-0.15, -0.1) is 10.8 Å². The number of carbonyl (C=O) groups is 1. The average Bonchev–Trinajstić information content (AvgIpc) is 3.37. The molecule has 3 aromatic rings. The van der Waals surface area contributed by atoms with E-state index < -0.39 is 27.9 Å². The summed E-state index contributed by atoms with van der Waals surface area (Å²) in [4.78, 5) is 28.6. The number of aromatic amines is 1. The normalized spacial score (nSPS) is 21.7. The molecule has 1 aromatic carbocycles. The molecule has 5 rings (SSSR count). The lowest BCUT2D eigenvalue weighted by molar-refractivity contribution is -0.157. The number of fused-ring (bicyclic) bond motifs is 2. The van der Waals surface area contributed by atoms with Crippen molar-refractivity contribution in [1.29, 1.82) is 5.26 Å². The third kappa shape index (κ3) is 5.59. The molecule has 1 aliphatic heterocycles. The summed E-state index contributed by atoms with van der Waals surface area (Å²) in [6.45, 7) is 9.18. The van der Waals surface area contributed by atoms with E-state index in [9.17, 15) is 24.0 Å². The zero-order chi connectivity index (χ0) is 29.7. The Morgan fingerprint density at radius 1 is 1.22 bits per heavy atom. The predicted octanol–water partition coefficient (Wildman–Crippen LogP) is 6.07. The Labute approximate surface area is 241 Å². The minimum absolute atomic E-state index is 0.0176. The van der Waals surface area contributed by atoms with Gasteiger partial charge < -0.3 is 15.0 Å². The first-order valence-electron chi connectivity index (χ1n) is 13.9. The molecule has 220 valence electrons. The number of pyridine rings is 1.